The summed E-state index contributed by atoms with van der Waals surface area (Å²) in [5, 5.41) is 42.6. The third-order valence-corrected chi connectivity index (χ3v) is 14.8. The summed E-state index contributed by atoms with van der Waals surface area (Å²) in [6.07, 6.45) is 4.35. The van der Waals surface area contributed by atoms with Crippen LogP contribution in [-0.2, 0) is 54.8 Å². The number of hydrogen-bond acceptors (Lipinski definition) is 19. The molecule has 1 amide bonds. The number of aryl methyl sites for hydroxylation is 1. The number of nitrogens with zero attached hydrogens (tertiary/aromatic N) is 1. The van der Waals surface area contributed by atoms with Gasteiger partial charge in [0, 0.05) is 87.2 Å². The molecule has 0 bridgehead atoms. The van der Waals surface area contributed by atoms with Crippen molar-refractivity contribution in [3.63, 3.8) is 0 Å². The Bertz CT molecular complexity index is 3000. The molecule has 1 aliphatic heterocycles. The maximum atomic E-state index is 11.6. The smallest absolute Gasteiger partial charge is 0.411 e. The van der Waals surface area contributed by atoms with Crippen LogP contribution < -0.4 is 59.7 Å². The molecular formula is C66H94BrCl5N5O16S2-3. The van der Waals surface area contributed by atoms with Gasteiger partial charge in [0.15, 0.2) is 0 Å². The van der Waals surface area contributed by atoms with Gasteiger partial charge in [0.2, 0.25) is 0 Å². The number of amides is 1. The third kappa shape index (κ3) is 45.4. The Morgan fingerprint density at radius 3 is 1.45 bits per heavy atom. The highest BCUT2D eigenvalue weighted by atomic mass is 79.9. The number of aliphatic hydroxyl groups excluding tert-OH is 1. The first-order chi connectivity index (χ1) is 43.7. The third-order valence-electron chi connectivity index (χ3n) is 11.8. The van der Waals surface area contributed by atoms with Crippen LogP contribution in [-0.4, -0.2) is 143 Å². The van der Waals surface area contributed by atoms with Crippen molar-refractivity contribution in [1.82, 2.24) is 10.2 Å². The fraction of sp³-hybridized carbons (Fsp3) is 0.455. The van der Waals surface area contributed by atoms with E-state index in [1.165, 1.54) is 51.2 Å². The van der Waals surface area contributed by atoms with Crippen molar-refractivity contribution in [2.75, 3.05) is 59.7 Å². The van der Waals surface area contributed by atoms with E-state index in [4.69, 9.17) is 70.3 Å². The maximum Gasteiger partial charge on any atom is 0.411 e. The van der Waals surface area contributed by atoms with Crippen LogP contribution in [0.4, 0.5) is 4.79 Å². The van der Waals surface area contributed by atoms with Crippen LogP contribution in [0, 0.1) is 6.92 Å². The van der Waals surface area contributed by atoms with E-state index in [0.29, 0.717) is 89.2 Å². The Balaban J connectivity index is -0.000000327. The van der Waals surface area contributed by atoms with Crippen LogP contribution in [0.5, 0.6) is 0 Å². The first-order valence-corrected chi connectivity index (χ1v) is 33.2. The number of nitrogens with two attached hydrogens (primary N) is 3. The monoisotopic (exact) mass is 1530 g/mol. The highest BCUT2D eigenvalue weighted by Crippen LogP contribution is 2.32. The predicted molar refractivity (Wildman–Crippen MR) is 371 cm³/mol. The number of carbonyl (C=O) groups excluding carboxylic acids is 5. The summed E-state index contributed by atoms with van der Waals surface area (Å²) < 4.78 is 21.4. The van der Waals surface area contributed by atoms with Crippen molar-refractivity contribution in [2.45, 2.75) is 136 Å². The molecule has 3 heterocycles. The number of aliphatic carboxylic acids is 2. The van der Waals surface area contributed by atoms with Crippen molar-refractivity contribution in [1.29, 1.82) is 0 Å². The average Bonchev–Trinajstić information content (AvgIpc) is 1.63. The molecule has 1 fully saturated rings. The van der Waals surface area contributed by atoms with Crippen molar-refractivity contribution < 1.29 is 115 Å². The fourth-order valence-electron chi connectivity index (χ4n) is 7.14. The first kappa shape index (κ1) is 98.0. The largest absolute Gasteiger partial charge is 1.00 e. The minimum absolute atomic E-state index is 0. The summed E-state index contributed by atoms with van der Waals surface area (Å²) in [6, 6.07) is 31.4. The number of likely N-dealkylation sites (tertiary alicyclic amines) is 1. The SMILES string of the molecule is CC(C)(C)OC(=O)N1CC[C@]1(C)C(=O)O.CCOC(=O)CCCN.CCOC(=O)CCCN.CCOC(=O)CCCNCc1cccc(C)c1.CO.Clc1cccc(CBr)c1.NCCCC(=O)O.O=C(Cl)c1csc2ccccc12.O=C(O)c1csc2ccccc12.[Cl-].[Cl-].[Cl-]. The number of halogens is 6. The Hall–Kier alpha value is -5.71. The van der Waals surface area contributed by atoms with Gasteiger partial charge in [-0.1, -0.05) is 106 Å². The number of nitrogens with one attached hydrogen (secondary N) is 1. The van der Waals surface area contributed by atoms with Crippen molar-refractivity contribution in [3.05, 3.63) is 141 Å². The highest BCUT2D eigenvalue weighted by molar-refractivity contribution is 9.08. The summed E-state index contributed by atoms with van der Waals surface area (Å²) in [5.41, 5.74) is 18.4. The molecule has 2 aromatic heterocycles. The van der Waals surface area contributed by atoms with Crippen LogP contribution in [0.2, 0.25) is 5.02 Å². The molecule has 1 saturated heterocycles. The lowest BCUT2D eigenvalue weighted by molar-refractivity contribution is -0.158. The zero-order valence-corrected chi connectivity index (χ0v) is 62.3. The summed E-state index contributed by atoms with van der Waals surface area (Å²) in [7, 11) is 1.00. The molecule has 29 heteroatoms. The first-order valence-electron chi connectivity index (χ1n) is 29.6. The normalized spacial score (nSPS) is 11.9. The van der Waals surface area contributed by atoms with E-state index >= 15 is 0 Å². The quantitative estimate of drug-likeness (QED) is 0.0156. The number of alkyl halides is 1. The predicted octanol–water partition coefficient (Wildman–Crippen LogP) is 4.02. The zero-order chi connectivity index (χ0) is 70.1. The molecule has 4 aromatic carbocycles. The number of hydrogen-bond donors (Lipinski definition) is 8. The fourth-order valence-corrected chi connectivity index (χ4v) is 9.80. The molecule has 95 heavy (non-hydrogen) atoms. The lowest BCUT2D eigenvalue weighted by Gasteiger charge is -2.46. The molecule has 536 valence electrons. The minimum Gasteiger partial charge on any atom is -1.00 e. The zero-order valence-electron chi connectivity index (χ0n) is 55.3. The number of carboxylic acid groups (broad SMARTS) is 3. The number of esters is 3. The molecule has 0 spiro atoms. The summed E-state index contributed by atoms with van der Waals surface area (Å²) >= 11 is 17.4. The van der Waals surface area contributed by atoms with E-state index in [0.717, 1.165) is 70.0 Å². The molecule has 1 atom stereocenters. The number of aliphatic hydroxyl groups is 1. The van der Waals surface area contributed by atoms with Gasteiger partial charge in [-0.05, 0) is 161 Å². The van der Waals surface area contributed by atoms with E-state index in [9.17, 15) is 38.4 Å². The van der Waals surface area contributed by atoms with Gasteiger partial charge in [-0.3, -0.25) is 28.9 Å². The second-order valence-electron chi connectivity index (χ2n) is 20.3. The summed E-state index contributed by atoms with van der Waals surface area (Å²) in [4.78, 5) is 87.2. The minimum atomic E-state index is -1.09. The number of rotatable bonds is 22. The lowest BCUT2D eigenvalue weighted by Crippen LogP contribution is -3.00. The summed E-state index contributed by atoms with van der Waals surface area (Å²) in [5.74, 6) is -3.02. The number of carbonyl (C=O) groups is 8. The van der Waals surface area contributed by atoms with Crippen LogP contribution in [0.15, 0.2) is 108 Å². The molecule has 7 rings (SSSR count). The van der Waals surface area contributed by atoms with Gasteiger partial charge in [0.1, 0.15) is 11.1 Å². The number of thiophene rings is 2. The molecule has 1 aliphatic rings. The molecule has 0 aliphatic carbocycles. The number of aromatic carboxylic acids is 1. The van der Waals surface area contributed by atoms with Crippen LogP contribution >= 0.6 is 61.8 Å². The standard InChI is InChI=1S/C14H21NO2.C10H17NO4.C9H5ClOS.C9H6O2S.C7H6BrCl.2C6H13NO2.C4H9NO2.CH4O.3ClH/c1-3-17-14(16)8-5-9-15-11-13-7-4-6-12(2)10-13;1-9(2,3)15-8(14)11-6-5-10(11,4)7(12)13;2*10-9(11)7-5-12-8-4-2-1-3-6(7)8;8-5-6-2-1-3-7(9)4-6;2*1-2-9-6(8)4-3-5-7;5-3-1-2-4(6)7;1-2;;;/h4,6-7,10,15H,3,5,8-9,11H2,1-2H3;5-6H2,1-4H3,(H,12,13);1-5H;1-5H,(H,10,11);1-4H,5H2;2*2-5,7H2,1H3;1-3,5H2,(H,6,7);2H,1H3;3*1H/p-3/t;10-;;;;;;;;;;/m.1........../s1. The van der Waals surface area contributed by atoms with Crippen LogP contribution in [0.25, 0.3) is 20.2 Å². The molecule has 11 N–H and O–H groups in total. The van der Waals surface area contributed by atoms with Crippen LogP contribution in [0.3, 0.4) is 0 Å². The van der Waals surface area contributed by atoms with Gasteiger partial charge in [-0.25, -0.2) is 14.4 Å². The van der Waals surface area contributed by atoms with Crippen molar-refractivity contribution >= 4 is 129 Å². The molecule has 0 radical (unpaired) electrons. The molecule has 21 nitrogen and oxygen atoms in total. The topological polar surface area (TPSA) is 348 Å². The van der Waals surface area contributed by atoms with Crippen LogP contribution in [0.1, 0.15) is 144 Å². The second kappa shape index (κ2) is 58.4. The molecular weight excluding hydrogens is 1440 g/mol. The Morgan fingerprint density at radius 1 is 0.642 bits per heavy atom. The number of fused-ring (bicyclic) bond motifs is 2. The van der Waals surface area contributed by atoms with Gasteiger partial charge >= 0.3 is 41.9 Å². The number of carboxylic acids is 3. The van der Waals surface area contributed by atoms with Gasteiger partial charge in [0.05, 0.1) is 30.9 Å². The second-order valence-corrected chi connectivity index (χ2v) is 23.5. The summed E-state index contributed by atoms with van der Waals surface area (Å²) in [6.45, 7) is 19.4. The maximum absolute atomic E-state index is 11.6. The Kier molecular flexibility index (Phi) is 60.3. The molecule has 0 unspecified atom stereocenters. The van der Waals surface area contributed by atoms with Gasteiger partial charge in [-0.15, -0.1) is 22.7 Å². The lowest BCUT2D eigenvalue weighted by atomic mass is 9.87. The van der Waals surface area contributed by atoms with E-state index in [1.54, 1.807) is 45.4 Å². The van der Waals surface area contributed by atoms with E-state index in [-0.39, 0.29) is 66.8 Å². The average molecular weight is 1530 g/mol. The van der Waals surface area contributed by atoms with E-state index < -0.39 is 35.1 Å². The molecule has 0 saturated carbocycles. The Labute approximate surface area is 603 Å². The van der Waals surface area contributed by atoms with Crippen molar-refractivity contribution in [3.8, 4) is 0 Å². The molecule has 6 aromatic rings. The number of benzene rings is 4. The van der Waals surface area contributed by atoms with Gasteiger partial charge in [-0.2, -0.15) is 0 Å². The van der Waals surface area contributed by atoms with Crippen molar-refractivity contribution in [2.24, 2.45) is 17.2 Å². The van der Waals surface area contributed by atoms with Gasteiger partial charge in [0.25, 0.3) is 5.24 Å². The Morgan fingerprint density at radius 2 is 1.08 bits per heavy atom. The van der Waals surface area contributed by atoms with E-state index in [2.05, 4.69) is 61.9 Å². The number of ether oxygens (including phenoxy) is 4. The van der Waals surface area contributed by atoms with Gasteiger partial charge < -0.3 is 99.1 Å². The highest BCUT2D eigenvalue weighted by Gasteiger charge is 2.51. The van der Waals surface area contributed by atoms with E-state index in [1.807, 2.05) is 79.7 Å².